The summed E-state index contributed by atoms with van der Waals surface area (Å²) >= 11 is 0. The predicted molar refractivity (Wildman–Crippen MR) is 87.0 cm³/mol. The molecule has 126 valence electrons. The zero-order chi connectivity index (χ0) is 18.4. The molecule has 0 heterocycles. The van der Waals surface area contributed by atoms with Gasteiger partial charge in [0.2, 0.25) is 0 Å². The van der Waals surface area contributed by atoms with Crippen molar-refractivity contribution in [2.75, 3.05) is 11.5 Å². The second-order valence-corrected chi connectivity index (χ2v) is 4.71. The van der Waals surface area contributed by atoms with E-state index in [-0.39, 0.29) is 22.5 Å². The Bertz CT molecular complexity index is 804. The fourth-order valence-corrected chi connectivity index (χ4v) is 1.66. The molecule has 0 saturated carbocycles. The van der Waals surface area contributed by atoms with Gasteiger partial charge in [-0.05, 0) is 36.8 Å². The average Bonchev–Trinajstić information content (AvgIpc) is 2.49. The van der Waals surface area contributed by atoms with E-state index in [2.05, 4.69) is 0 Å². The Hall–Kier alpha value is -3.62. The standard InChI is InChI=1S/C8H7NO4.C7H8N2O2/c9-6-3-4(7(10)11)1-2-5(6)8(12)13;1-5-4-6(9(10)11)2-3-7(5)8/h1-3H,9H2,(H,10,11)(H,12,13);2-4H,8H2,1H3. The number of aryl methyl sites for hydroxylation is 1. The molecule has 0 aliphatic heterocycles. The molecule has 0 saturated heterocycles. The number of carboxylic acid groups (broad SMARTS) is 2. The molecule has 0 fully saturated rings. The van der Waals surface area contributed by atoms with E-state index < -0.39 is 16.9 Å². The second kappa shape index (κ2) is 7.58. The topological polar surface area (TPSA) is 170 Å². The van der Waals surface area contributed by atoms with Gasteiger partial charge < -0.3 is 21.7 Å². The number of nitro benzene ring substituents is 1. The Kier molecular flexibility index (Phi) is 5.82. The van der Waals surface area contributed by atoms with E-state index in [1.807, 2.05) is 0 Å². The quantitative estimate of drug-likeness (QED) is 0.376. The third-order valence-corrected chi connectivity index (χ3v) is 2.99. The number of nitrogens with two attached hydrogens (primary N) is 2. The summed E-state index contributed by atoms with van der Waals surface area (Å²) in [4.78, 5) is 30.7. The van der Waals surface area contributed by atoms with E-state index >= 15 is 0 Å². The Morgan fingerprint density at radius 2 is 1.62 bits per heavy atom. The van der Waals surface area contributed by atoms with Crippen molar-refractivity contribution in [2.45, 2.75) is 6.92 Å². The second-order valence-electron chi connectivity index (χ2n) is 4.71. The van der Waals surface area contributed by atoms with Crippen molar-refractivity contribution in [3.05, 3.63) is 63.2 Å². The van der Waals surface area contributed by atoms with Crippen molar-refractivity contribution in [2.24, 2.45) is 0 Å². The molecule has 2 rings (SSSR count). The van der Waals surface area contributed by atoms with Crippen molar-refractivity contribution in [1.29, 1.82) is 0 Å². The smallest absolute Gasteiger partial charge is 0.337 e. The molecular formula is C15H15N3O6. The van der Waals surface area contributed by atoms with Gasteiger partial charge in [-0.3, -0.25) is 10.1 Å². The summed E-state index contributed by atoms with van der Waals surface area (Å²) in [7, 11) is 0. The Labute approximate surface area is 136 Å². The van der Waals surface area contributed by atoms with Crippen LogP contribution in [0.15, 0.2) is 36.4 Å². The first kappa shape index (κ1) is 18.4. The molecule has 9 nitrogen and oxygen atoms in total. The Morgan fingerprint density at radius 3 is 2.04 bits per heavy atom. The molecule has 0 aliphatic rings. The minimum Gasteiger partial charge on any atom is -0.478 e. The van der Waals surface area contributed by atoms with E-state index in [1.54, 1.807) is 6.92 Å². The number of rotatable bonds is 3. The number of nitrogen functional groups attached to an aromatic ring is 2. The lowest BCUT2D eigenvalue weighted by Gasteiger charge is -2.00. The van der Waals surface area contributed by atoms with Crippen LogP contribution >= 0.6 is 0 Å². The van der Waals surface area contributed by atoms with Crippen LogP contribution in [0.4, 0.5) is 17.1 Å². The van der Waals surface area contributed by atoms with Crippen molar-refractivity contribution in [3.8, 4) is 0 Å². The lowest BCUT2D eigenvalue weighted by molar-refractivity contribution is -0.384. The van der Waals surface area contributed by atoms with E-state index in [4.69, 9.17) is 21.7 Å². The minimum absolute atomic E-state index is 0.0255. The lowest BCUT2D eigenvalue weighted by Crippen LogP contribution is -2.05. The minimum atomic E-state index is -1.17. The van der Waals surface area contributed by atoms with Crippen molar-refractivity contribution in [3.63, 3.8) is 0 Å². The number of nitro groups is 1. The van der Waals surface area contributed by atoms with Crippen LogP contribution in [0.1, 0.15) is 26.3 Å². The summed E-state index contributed by atoms with van der Waals surface area (Å²) in [6.07, 6.45) is 0. The molecule has 0 unspecified atom stereocenters. The molecule has 0 atom stereocenters. The number of carboxylic acids is 2. The van der Waals surface area contributed by atoms with Gasteiger partial charge in [-0.15, -0.1) is 0 Å². The van der Waals surface area contributed by atoms with E-state index in [0.29, 0.717) is 5.69 Å². The first-order valence-electron chi connectivity index (χ1n) is 6.50. The number of nitrogens with zero attached hydrogens (tertiary/aromatic N) is 1. The summed E-state index contributed by atoms with van der Waals surface area (Å²) in [6, 6.07) is 7.86. The maximum atomic E-state index is 10.5. The monoisotopic (exact) mass is 333 g/mol. The number of non-ortho nitro benzene ring substituents is 1. The molecule has 0 spiro atoms. The Morgan fingerprint density at radius 1 is 1.00 bits per heavy atom. The lowest BCUT2D eigenvalue weighted by atomic mass is 10.1. The molecular weight excluding hydrogens is 318 g/mol. The summed E-state index contributed by atoms with van der Waals surface area (Å²) in [5, 5.41) is 27.3. The van der Waals surface area contributed by atoms with Gasteiger partial charge in [0.1, 0.15) is 0 Å². The predicted octanol–water partition coefficient (Wildman–Crippen LogP) is 2.15. The summed E-state index contributed by atoms with van der Waals surface area (Å²) in [6.45, 7) is 1.74. The highest BCUT2D eigenvalue weighted by atomic mass is 16.6. The summed E-state index contributed by atoms with van der Waals surface area (Å²) < 4.78 is 0. The van der Waals surface area contributed by atoms with Crippen LogP contribution in [-0.4, -0.2) is 27.1 Å². The number of benzene rings is 2. The highest BCUT2D eigenvalue weighted by Crippen LogP contribution is 2.17. The van der Waals surface area contributed by atoms with Gasteiger partial charge in [-0.1, -0.05) is 0 Å². The number of aromatic carboxylic acids is 2. The highest BCUT2D eigenvalue weighted by Gasteiger charge is 2.10. The van der Waals surface area contributed by atoms with Gasteiger partial charge >= 0.3 is 11.9 Å². The van der Waals surface area contributed by atoms with Crippen LogP contribution in [0.3, 0.4) is 0 Å². The Balaban J connectivity index is 0.000000243. The van der Waals surface area contributed by atoms with Crippen LogP contribution in [0.2, 0.25) is 0 Å². The van der Waals surface area contributed by atoms with Gasteiger partial charge in [0.25, 0.3) is 5.69 Å². The molecule has 6 N–H and O–H groups in total. The maximum Gasteiger partial charge on any atom is 0.337 e. The normalized spacial score (nSPS) is 9.54. The van der Waals surface area contributed by atoms with Crippen LogP contribution in [0.25, 0.3) is 0 Å². The third-order valence-electron chi connectivity index (χ3n) is 2.99. The molecule has 2 aromatic rings. The molecule has 2 aromatic carbocycles. The molecule has 0 amide bonds. The number of anilines is 2. The molecule has 0 bridgehead atoms. The number of hydrogen-bond donors (Lipinski definition) is 4. The van der Waals surface area contributed by atoms with Crippen molar-refractivity contribution in [1.82, 2.24) is 0 Å². The molecule has 0 aromatic heterocycles. The highest BCUT2D eigenvalue weighted by molar-refractivity contribution is 5.96. The zero-order valence-electron chi connectivity index (χ0n) is 12.6. The SMILES string of the molecule is Cc1cc([N+](=O)[O-])ccc1N.Nc1cc(C(=O)O)ccc1C(=O)O. The summed E-state index contributed by atoms with van der Waals surface area (Å²) in [5.41, 5.74) is 12.0. The molecule has 0 radical (unpaired) electrons. The van der Waals surface area contributed by atoms with Crippen LogP contribution in [0, 0.1) is 17.0 Å². The van der Waals surface area contributed by atoms with Gasteiger partial charge in [-0.25, -0.2) is 9.59 Å². The number of hydrogen-bond acceptors (Lipinski definition) is 6. The largest absolute Gasteiger partial charge is 0.478 e. The van der Waals surface area contributed by atoms with Gasteiger partial charge in [0, 0.05) is 23.5 Å². The van der Waals surface area contributed by atoms with Gasteiger partial charge in [0.15, 0.2) is 0 Å². The average molecular weight is 333 g/mol. The number of carbonyl (C=O) groups is 2. The zero-order valence-corrected chi connectivity index (χ0v) is 12.6. The summed E-state index contributed by atoms with van der Waals surface area (Å²) in [5.74, 6) is -2.31. The fraction of sp³-hybridized carbons (Fsp3) is 0.0667. The van der Waals surface area contributed by atoms with Gasteiger partial charge in [-0.2, -0.15) is 0 Å². The van der Waals surface area contributed by atoms with Gasteiger partial charge in [0.05, 0.1) is 16.1 Å². The molecule has 0 aliphatic carbocycles. The maximum absolute atomic E-state index is 10.5. The first-order valence-corrected chi connectivity index (χ1v) is 6.50. The third kappa shape index (κ3) is 4.70. The van der Waals surface area contributed by atoms with Crippen LogP contribution in [0.5, 0.6) is 0 Å². The van der Waals surface area contributed by atoms with E-state index in [1.165, 1.54) is 30.3 Å². The first-order chi connectivity index (χ1) is 11.1. The van der Waals surface area contributed by atoms with Crippen molar-refractivity contribution < 1.29 is 24.7 Å². The van der Waals surface area contributed by atoms with Crippen LogP contribution in [-0.2, 0) is 0 Å². The van der Waals surface area contributed by atoms with E-state index in [0.717, 1.165) is 11.6 Å². The fourth-order valence-electron chi connectivity index (χ4n) is 1.66. The molecule has 24 heavy (non-hydrogen) atoms. The molecule has 9 heteroatoms. The van der Waals surface area contributed by atoms with E-state index in [9.17, 15) is 19.7 Å². The van der Waals surface area contributed by atoms with Crippen molar-refractivity contribution >= 4 is 29.0 Å². The van der Waals surface area contributed by atoms with Crippen LogP contribution < -0.4 is 11.5 Å².